The molecule has 2 rings (SSSR count). The van der Waals surface area contributed by atoms with E-state index in [0.717, 1.165) is 0 Å². The molecule has 86 valence electrons. The number of primary sulfonamides is 1. The van der Waals surface area contributed by atoms with Crippen LogP contribution in [0.25, 0.3) is 0 Å². The molecule has 16 heavy (non-hydrogen) atoms. The van der Waals surface area contributed by atoms with Gasteiger partial charge < -0.3 is 5.11 Å². The molecule has 0 atom stereocenters. The molecule has 0 aliphatic heterocycles. The van der Waals surface area contributed by atoms with E-state index in [9.17, 15) is 13.2 Å². The van der Waals surface area contributed by atoms with E-state index in [-0.39, 0.29) is 4.90 Å². The SMILES string of the molecule is NS(=O)(=O)c1ccc(C2(C(=O)O)CC2)cc1. The molecule has 0 unspecified atom stereocenters. The van der Waals surface area contributed by atoms with E-state index in [1.807, 2.05) is 0 Å². The molecule has 0 heterocycles. The van der Waals surface area contributed by atoms with Gasteiger partial charge in [0.2, 0.25) is 10.0 Å². The first-order valence-electron chi connectivity index (χ1n) is 4.73. The van der Waals surface area contributed by atoms with Crippen molar-refractivity contribution in [2.24, 2.45) is 5.14 Å². The van der Waals surface area contributed by atoms with Crippen molar-refractivity contribution in [1.29, 1.82) is 0 Å². The summed E-state index contributed by atoms with van der Waals surface area (Å²) < 4.78 is 22.0. The predicted molar refractivity (Wildman–Crippen MR) is 56.4 cm³/mol. The standard InChI is InChI=1S/C10H11NO4S/c11-16(14,15)8-3-1-7(2-4-8)10(5-6-10)9(12)13/h1-4H,5-6H2,(H,12,13)(H2,11,14,15). The molecule has 0 spiro atoms. The van der Waals surface area contributed by atoms with E-state index in [4.69, 9.17) is 10.2 Å². The summed E-state index contributed by atoms with van der Waals surface area (Å²) in [6.45, 7) is 0. The lowest BCUT2D eigenvalue weighted by Gasteiger charge is -2.10. The van der Waals surface area contributed by atoms with E-state index in [0.29, 0.717) is 18.4 Å². The Morgan fingerprint density at radius 3 is 2.06 bits per heavy atom. The fraction of sp³-hybridized carbons (Fsp3) is 0.300. The number of aliphatic carboxylic acids is 1. The van der Waals surface area contributed by atoms with Gasteiger partial charge in [0.25, 0.3) is 0 Å². The Balaban J connectivity index is 2.38. The Kier molecular flexibility index (Phi) is 2.28. The highest BCUT2D eigenvalue weighted by atomic mass is 32.2. The van der Waals surface area contributed by atoms with Crippen LogP contribution in [-0.4, -0.2) is 19.5 Å². The third kappa shape index (κ3) is 1.70. The minimum absolute atomic E-state index is 0.00237. The van der Waals surface area contributed by atoms with Crippen LogP contribution in [0.2, 0.25) is 0 Å². The zero-order valence-electron chi connectivity index (χ0n) is 8.38. The second-order valence-corrected chi connectivity index (χ2v) is 5.52. The van der Waals surface area contributed by atoms with Gasteiger partial charge in [-0.2, -0.15) is 0 Å². The van der Waals surface area contributed by atoms with Crippen LogP contribution in [0.3, 0.4) is 0 Å². The number of carbonyl (C=O) groups is 1. The molecule has 0 amide bonds. The minimum Gasteiger partial charge on any atom is -0.481 e. The van der Waals surface area contributed by atoms with Gasteiger partial charge in [0.1, 0.15) is 0 Å². The van der Waals surface area contributed by atoms with Crippen LogP contribution in [0.15, 0.2) is 29.2 Å². The van der Waals surface area contributed by atoms with Gasteiger partial charge in [0.15, 0.2) is 0 Å². The van der Waals surface area contributed by atoms with Crippen LogP contribution >= 0.6 is 0 Å². The summed E-state index contributed by atoms with van der Waals surface area (Å²) >= 11 is 0. The van der Waals surface area contributed by atoms with Crippen molar-refractivity contribution in [1.82, 2.24) is 0 Å². The van der Waals surface area contributed by atoms with Gasteiger partial charge >= 0.3 is 5.97 Å². The van der Waals surface area contributed by atoms with Gasteiger partial charge in [-0.25, -0.2) is 13.6 Å². The monoisotopic (exact) mass is 241 g/mol. The summed E-state index contributed by atoms with van der Waals surface area (Å²) in [4.78, 5) is 11.0. The lowest BCUT2D eigenvalue weighted by atomic mass is 9.96. The number of nitrogens with two attached hydrogens (primary N) is 1. The van der Waals surface area contributed by atoms with E-state index >= 15 is 0 Å². The van der Waals surface area contributed by atoms with Gasteiger partial charge in [-0.05, 0) is 30.5 Å². The number of sulfonamides is 1. The number of carboxylic acids is 1. The van der Waals surface area contributed by atoms with Gasteiger partial charge in [-0.15, -0.1) is 0 Å². The molecular weight excluding hydrogens is 230 g/mol. The second-order valence-electron chi connectivity index (χ2n) is 3.96. The molecule has 1 fully saturated rings. The Morgan fingerprint density at radius 1 is 1.25 bits per heavy atom. The van der Waals surface area contributed by atoms with Gasteiger partial charge in [0.05, 0.1) is 10.3 Å². The molecule has 1 aromatic carbocycles. The van der Waals surface area contributed by atoms with Gasteiger partial charge in [-0.1, -0.05) is 12.1 Å². The Labute approximate surface area is 92.9 Å². The molecule has 0 bridgehead atoms. The molecule has 0 saturated heterocycles. The predicted octanol–water partition coefficient (Wildman–Crippen LogP) is 0.450. The van der Waals surface area contributed by atoms with Crippen LogP contribution in [-0.2, 0) is 20.2 Å². The molecule has 1 saturated carbocycles. The van der Waals surface area contributed by atoms with E-state index in [2.05, 4.69) is 0 Å². The molecule has 3 N–H and O–H groups in total. The second kappa shape index (κ2) is 3.29. The van der Waals surface area contributed by atoms with E-state index in [1.165, 1.54) is 24.3 Å². The van der Waals surface area contributed by atoms with Crippen molar-refractivity contribution in [3.63, 3.8) is 0 Å². The summed E-state index contributed by atoms with van der Waals surface area (Å²) in [5, 5.41) is 14.0. The molecule has 6 heteroatoms. The number of hydrogen-bond acceptors (Lipinski definition) is 3. The zero-order chi connectivity index (χ0) is 12.0. The van der Waals surface area contributed by atoms with E-state index in [1.54, 1.807) is 0 Å². The zero-order valence-corrected chi connectivity index (χ0v) is 9.20. The van der Waals surface area contributed by atoms with Crippen LogP contribution in [0.1, 0.15) is 18.4 Å². The Morgan fingerprint density at radius 2 is 1.75 bits per heavy atom. The van der Waals surface area contributed by atoms with Gasteiger partial charge in [-0.3, -0.25) is 4.79 Å². The highest BCUT2D eigenvalue weighted by molar-refractivity contribution is 7.89. The lowest BCUT2D eigenvalue weighted by Crippen LogP contribution is -2.19. The molecule has 1 aliphatic carbocycles. The largest absolute Gasteiger partial charge is 0.481 e. The Bertz CT molecular complexity index is 528. The van der Waals surface area contributed by atoms with Crippen molar-refractivity contribution >= 4 is 16.0 Å². The third-order valence-electron chi connectivity index (χ3n) is 2.89. The maximum Gasteiger partial charge on any atom is 0.314 e. The van der Waals surface area contributed by atoms with Crippen molar-refractivity contribution in [2.45, 2.75) is 23.2 Å². The normalized spacial score (nSPS) is 18.1. The summed E-state index contributed by atoms with van der Waals surface area (Å²) in [5.74, 6) is -0.865. The highest BCUT2D eigenvalue weighted by Gasteiger charge is 2.51. The van der Waals surface area contributed by atoms with E-state index < -0.39 is 21.4 Å². The maximum atomic E-state index is 11.0. The topological polar surface area (TPSA) is 97.5 Å². The smallest absolute Gasteiger partial charge is 0.314 e. The molecule has 0 radical (unpaired) electrons. The maximum absolute atomic E-state index is 11.0. The molecule has 0 aromatic heterocycles. The molecular formula is C10H11NO4S. The first kappa shape index (κ1) is 11.1. The summed E-state index contributed by atoms with van der Waals surface area (Å²) in [6.07, 6.45) is 1.19. The first-order chi connectivity index (χ1) is 7.36. The average molecular weight is 241 g/mol. The number of rotatable bonds is 3. The summed E-state index contributed by atoms with van der Waals surface area (Å²) in [6, 6.07) is 5.71. The van der Waals surface area contributed by atoms with Crippen molar-refractivity contribution in [2.75, 3.05) is 0 Å². The van der Waals surface area contributed by atoms with Crippen LogP contribution in [0, 0.1) is 0 Å². The first-order valence-corrected chi connectivity index (χ1v) is 6.28. The minimum atomic E-state index is -3.71. The summed E-state index contributed by atoms with van der Waals surface area (Å²) in [5.41, 5.74) is -0.177. The quantitative estimate of drug-likeness (QED) is 0.802. The van der Waals surface area contributed by atoms with Gasteiger partial charge in [0, 0.05) is 0 Å². The fourth-order valence-corrected chi connectivity index (χ4v) is 2.23. The van der Waals surface area contributed by atoms with Crippen LogP contribution < -0.4 is 5.14 Å². The lowest BCUT2D eigenvalue weighted by molar-refractivity contribution is -0.140. The fourth-order valence-electron chi connectivity index (χ4n) is 1.71. The van der Waals surface area contributed by atoms with Crippen molar-refractivity contribution < 1.29 is 18.3 Å². The van der Waals surface area contributed by atoms with Crippen molar-refractivity contribution in [3.8, 4) is 0 Å². The van der Waals surface area contributed by atoms with Crippen LogP contribution in [0.4, 0.5) is 0 Å². The molecule has 5 nitrogen and oxygen atoms in total. The molecule has 1 aliphatic rings. The summed E-state index contributed by atoms with van der Waals surface area (Å²) in [7, 11) is -3.71. The number of carboxylic acid groups (broad SMARTS) is 1. The Hall–Kier alpha value is -1.40. The molecule has 1 aromatic rings. The third-order valence-corrected chi connectivity index (χ3v) is 3.82. The average Bonchev–Trinajstić information content (AvgIpc) is 2.97. The number of benzene rings is 1. The number of hydrogen-bond donors (Lipinski definition) is 2. The van der Waals surface area contributed by atoms with Crippen molar-refractivity contribution in [3.05, 3.63) is 29.8 Å². The highest BCUT2D eigenvalue weighted by Crippen LogP contribution is 2.48. The van der Waals surface area contributed by atoms with Crippen LogP contribution in [0.5, 0.6) is 0 Å².